The number of aryl methyl sites for hydroxylation is 2. The van der Waals surface area contributed by atoms with E-state index in [1.165, 1.54) is 6.07 Å². The van der Waals surface area contributed by atoms with Gasteiger partial charge in [-0.1, -0.05) is 0 Å². The molecule has 3 rings (SSSR count). The monoisotopic (exact) mass is 325 g/mol. The van der Waals surface area contributed by atoms with Crippen LogP contribution in [0.25, 0.3) is 11.0 Å². The largest absolute Gasteiger partial charge is 0.490 e. The van der Waals surface area contributed by atoms with Gasteiger partial charge in [-0.15, -0.1) is 12.4 Å². The van der Waals surface area contributed by atoms with Crippen molar-refractivity contribution in [3.8, 4) is 5.75 Å². The molecule has 1 aromatic heterocycles. The Bertz CT molecular complexity index is 707. The molecule has 22 heavy (non-hydrogen) atoms. The van der Waals surface area contributed by atoms with Crippen molar-refractivity contribution >= 4 is 23.4 Å². The summed E-state index contributed by atoms with van der Waals surface area (Å²) in [5, 5.41) is 4.21. The van der Waals surface area contributed by atoms with Crippen molar-refractivity contribution in [3.05, 3.63) is 39.7 Å². The fourth-order valence-corrected chi connectivity index (χ4v) is 2.57. The zero-order chi connectivity index (χ0) is 14.8. The van der Waals surface area contributed by atoms with Crippen molar-refractivity contribution in [1.29, 1.82) is 0 Å². The summed E-state index contributed by atoms with van der Waals surface area (Å²) in [6.07, 6.45) is 0.0540. The number of hydrogen-bond acceptors (Lipinski definition) is 5. The van der Waals surface area contributed by atoms with Gasteiger partial charge in [-0.25, -0.2) is 4.79 Å². The minimum absolute atomic E-state index is 0. The number of fused-ring (bicyclic) bond motifs is 1. The van der Waals surface area contributed by atoms with Gasteiger partial charge in [0.25, 0.3) is 0 Å². The quantitative estimate of drug-likeness (QED) is 0.877. The van der Waals surface area contributed by atoms with Crippen LogP contribution >= 0.6 is 12.4 Å². The van der Waals surface area contributed by atoms with Crippen LogP contribution in [0.2, 0.25) is 0 Å². The summed E-state index contributed by atoms with van der Waals surface area (Å²) in [5.74, 6) is 0.727. The molecular weight excluding hydrogens is 306 g/mol. The first-order valence-corrected chi connectivity index (χ1v) is 7.14. The Morgan fingerprint density at radius 2 is 2.18 bits per heavy atom. The van der Waals surface area contributed by atoms with Crippen LogP contribution in [0.3, 0.4) is 0 Å². The van der Waals surface area contributed by atoms with Crippen molar-refractivity contribution in [2.45, 2.75) is 20.0 Å². The number of rotatable bonds is 3. The van der Waals surface area contributed by atoms with E-state index >= 15 is 0 Å². The van der Waals surface area contributed by atoms with Crippen LogP contribution in [-0.4, -0.2) is 32.4 Å². The maximum atomic E-state index is 11.5. The van der Waals surface area contributed by atoms with Crippen LogP contribution in [-0.2, 0) is 4.74 Å². The van der Waals surface area contributed by atoms with Crippen molar-refractivity contribution in [3.63, 3.8) is 0 Å². The van der Waals surface area contributed by atoms with E-state index < -0.39 is 0 Å². The molecular formula is C16H20ClNO4. The van der Waals surface area contributed by atoms with E-state index in [2.05, 4.69) is 5.32 Å². The number of nitrogens with one attached hydrogen (secondary N) is 1. The number of morpholine rings is 1. The zero-order valence-corrected chi connectivity index (χ0v) is 13.5. The fraction of sp³-hybridized carbons (Fsp3) is 0.438. The molecule has 1 unspecified atom stereocenters. The smallest absolute Gasteiger partial charge is 0.336 e. The molecule has 0 spiro atoms. The van der Waals surface area contributed by atoms with E-state index in [9.17, 15) is 4.79 Å². The average Bonchev–Trinajstić information content (AvgIpc) is 2.48. The fourth-order valence-electron chi connectivity index (χ4n) is 2.57. The van der Waals surface area contributed by atoms with E-state index in [0.29, 0.717) is 18.8 Å². The summed E-state index contributed by atoms with van der Waals surface area (Å²) in [7, 11) is 0. The number of ether oxygens (including phenoxy) is 2. The maximum Gasteiger partial charge on any atom is 0.336 e. The second kappa shape index (κ2) is 7.13. The SMILES string of the molecule is Cc1cc(=O)oc2c(C)c(OCC3CNCCO3)ccc12.Cl. The summed E-state index contributed by atoms with van der Waals surface area (Å²) >= 11 is 0. The van der Waals surface area contributed by atoms with Gasteiger partial charge in [0.05, 0.1) is 6.61 Å². The molecule has 1 N–H and O–H groups in total. The highest BCUT2D eigenvalue weighted by molar-refractivity contribution is 5.85. The van der Waals surface area contributed by atoms with Crippen LogP contribution in [0.1, 0.15) is 11.1 Å². The molecule has 1 saturated heterocycles. The van der Waals surface area contributed by atoms with Gasteiger partial charge in [-0.2, -0.15) is 0 Å². The summed E-state index contributed by atoms with van der Waals surface area (Å²) in [4.78, 5) is 11.5. The Kier molecular flexibility index (Phi) is 5.45. The van der Waals surface area contributed by atoms with E-state index in [4.69, 9.17) is 13.9 Å². The normalized spacial score (nSPS) is 18.0. The summed E-state index contributed by atoms with van der Waals surface area (Å²) in [5.41, 5.74) is 2.02. The first kappa shape index (κ1) is 16.8. The van der Waals surface area contributed by atoms with Gasteiger partial charge in [-0.3, -0.25) is 0 Å². The number of hydrogen-bond donors (Lipinski definition) is 1. The Balaban J connectivity index is 0.00000176. The molecule has 2 heterocycles. The third-order valence-corrected chi connectivity index (χ3v) is 3.75. The molecule has 5 nitrogen and oxygen atoms in total. The van der Waals surface area contributed by atoms with Crippen LogP contribution < -0.4 is 15.7 Å². The van der Waals surface area contributed by atoms with E-state index in [-0.39, 0.29) is 24.1 Å². The van der Waals surface area contributed by atoms with E-state index in [1.54, 1.807) is 0 Å². The lowest BCUT2D eigenvalue weighted by Crippen LogP contribution is -2.41. The Morgan fingerprint density at radius 1 is 1.36 bits per heavy atom. The van der Waals surface area contributed by atoms with Gasteiger partial charge in [-0.05, 0) is 31.5 Å². The molecule has 6 heteroatoms. The lowest BCUT2D eigenvalue weighted by Gasteiger charge is -2.24. The van der Waals surface area contributed by atoms with Crippen molar-refractivity contribution in [2.75, 3.05) is 26.3 Å². The van der Waals surface area contributed by atoms with Gasteiger partial charge in [0, 0.05) is 30.1 Å². The van der Waals surface area contributed by atoms with E-state index in [0.717, 1.165) is 35.4 Å². The molecule has 1 aliphatic rings. The summed E-state index contributed by atoms with van der Waals surface area (Å²) < 4.78 is 16.8. The molecule has 0 amide bonds. The Labute approximate surface area is 135 Å². The van der Waals surface area contributed by atoms with Crippen molar-refractivity contribution < 1.29 is 13.9 Å². The molecule has 2 aromatic rings. The zero-order valence-electron chi connectivity index (χ0n) is 12.7. The van der Waals surface area contributed by atoms with Gasteiger partial charge >= 0.3 is 5.63 Å². The molecule has 0 aliphatic carbocycles. The van der Waals surface area contributed by atoms with Crippen LogP contribution in [0.5, 0.6) is 5.75 Å². The Morgan fingerprint density at radius 3 is 2.91 bits per heavy atom. The highest BCUT2D eigenvalue weighted by atomic mass is 35.5. The third-order valence-electron chi connectivity index (χ3n) is 3.75. The van der Waals surface area contributed by atoms with Gasteiger partial charge < -0.3 is 19.2 Å². The highest BCUT2D eigenvalue weighted by Crippen LogP contribution is 2.28. The lowest BCUT2D eigenvalue weighted by molar-refractivity contribution is 0.0000792. The van der Waals surface area contributed by atoms with E-state index in [1.807, 2.05) is 26.0 Å². The second-order valence-corrected chi connectivity index (χ2v) is 5.32. The van der Waals surface area contributed by atoms with Crippen LogP contribution in [0, 0.1) is 13.8 Å². The minimum atomic E-state index is -0.333. The molecule has 1 atom stereocenters. The van der Waals surface area contributed by atoms with Crippen molar-refractivity contribution in [1.82, 2.24) is 5.32 Å². The minimum Gasteiger partial charge on any atom is -0.490 e. The number of halogens is 1. The summed E-state index contributed by atoms with van der Waals surface area (Å²) in [6, 6.07) is 5.35. The number of benzene rings is 1. The molecule has 0 radical (unpaired) electrons. The first-order chi connectivity index (χ1) is 10.1. The predicted octanol–water partition coefficient (Wildman–Crippen LogP) is 2.20. The van der Waals surface area contributed by atoms with Gasteiger partial charge in [0.2, 0.25) is 0 Å². The molecule has 120 valence electrons. The molecule has 1 aromatic carbocycles. The summed E-state index contributed by atoms with van der Waals surface area (Å²) in [6.45, 7) is 6.67. The van der Waals surface area contributed by atoms with Gasteiger partial charge in [0.1, 0.15) is 24.0 Å². The predicted molar refractivity (Wildman–Crippen MR) is 87.3 cm³/mol. The highest BCUT2D eigenvalue weighted by Gasteiger charge is 2.16. The molecule has 0 saturated carbocycles. The molecule has 1 fully saturated rings. The molecule has 1 aliphatic heterocycles. The topological polar surface area (TPSA) is 60.7 Å². The Hall–Kier alpha value is -1.56. The van der Waals surface area contributed by atoms with Crippen molar-refractivity contribution in [2.24, 2.45) is 0 Å². The lowest BCUT2D eigenvalue weighted by atomic mass is 10.1. The average molecular weight is 326 g/mol. The van der Waals surface area contributed by atoms with Crippen LogP contribution in [0.15, 0.2) is 27.4 Å². The van der Waals surface area contributed by atoms with Gasteiger partial charge in [0.15, 0.2) is 0 Å². The standard InChI is InChI=1S/C16H19NO4.ClH/c1-10-7-15(18)21-16-11(2)14(4-3-13(10)16)20-9-12-8-17-5-6-19-12;/h3-4,7,12,17H,5-6,8-9H2,1-2H3;1H. The first-order valence-electron chi connectivity index (χ1n) is 7.14. The van der Waals surface area contributed by atoms with Crippen LogP contribution in [0.4, 0.5) is 0 Å². The second-order valence-electron chi connectivity index (χ2n) is 5.32. The maximum absolute atomic E-state index is 11.5. The third kappa shape index (κ3) is 3.43. The molecule has 0 bridgehead atoms.